The highest BCUT2D eigenvalue weighted by Gasteiger charge is 2.53. The second kappa shape index (κ2) is 5.37. The van der Waals surface area contributed by atoms with Gasteiger partial charge < -0.3 is 4.74 Å². The Hall–Kier alpha value is -2.49. The van der Waals surface area contributed by atoms with E-state index in [0.717, 1.165) is 16.3 Å². The number of Topliss-reactive ketones (excluding diaryl/α,β-unsaturated/α-hetero) is 2. The molecular weight excluding hydrogens is 280 g/mol. The molecule has 4 heteroatoms. The van der Waals surface area contributed by atoms with Gasteiger partial charge in [-0.1, -0.05) is 42.5 Å². The molecule has 1 atom stereocenters. The zero-order chi connectivity index (χ0) is 15.7. The fourth-order valence-corrected chi connectivity index (χ4v) is 3.15. The molecule has 4 nitrogen and oxygen atoms in total. The number of fused-ring (bicyclic) bond motifs is 1. The molecule has 0 aliphatic heterocycles. The number of carbonyl (C=O) groups is 3. The summed E-state index contributed by atoms with van der Waals surface area (Å²) in [6.07, 6.45) is 0.542. The average molecular weight is 296 g/mol. The van der Waals surface area contributed by atoms with Crippen LogP contribution in [0.15, 0.2) is 42.5 Å². The summed E-state index contributed by atoms with van der Waals surface area (Å²) in [6.45, 7) is 0. The lowest BCUT2D eigenvalue weighted by Gasteiger charge is -2.23. The average Bonchev–Trinajstić information content (AvgIpc) is 2.83. The number of carbonyl (C=O) groups excluding carboxylic acids is 3. The first kappa shape index (κ1) is 14.4. The molecule has 22 heavy (non-hydrogen) atoms. The minimum absolute atomic E-state index is 0.113. The van der Waals surface area contributed by atoms with Gasteiger partial charge in [0.15, 0.2) is 5.78 Å². The molecule has 0 spiro atoms. The fourth-order valence-electron chi connectivity index (χ4n) is 3.15. The predicted molar refractivity (Wildman–Crippen MR) is 81.3 cm³/mol. The number of hydrogen-bond donors (Lipinski definition) is 0. The zero-order valence-electron chi connectivity index (χ0n) is 12.3. The molecule has 0 bridgehead atoms. The number of methoxy groups -OCH3 is 1. The molecule has 0 amide bonds. The molecule has 3 rings (SSSR count). The van der Waals surface area contributed by atoms with Crippen molar-refractivity contribution >= 4 is 28.3 Å². The van der Waals surface area contributed by atoms with E-state index in [1.807, 2.05) is 42.5 Å². The van der Waals surface area contributed by atoms with Crippen molar-refractivity contribution in [3.8, 4) is 0 Å². The van der Waals surface area contributed by atoms with Crippen LogP contribution >= 0.6 is 0 Å². The van der Waals surface area contributed by atoms with E-state index in [0.29, 0.717) is 0 Å². The number of rotatable bonds is 3. The molecule has 2 aromatic carbocycles. The van der Waals surface area contributed by atoms with Gasteiger partial charge in [0.25, 0.3) is 0 Å². The van der Waals surface area contributed by atoms with Crippen LogP contribution in [-0.4, -0.2) is 24.6 Å². The van der Waals surface area contributed by atoms with Crippen LogP contribution < -0.4 is 0 Å². The number of hydrogen-bond acceptors (Lipinski definition) is 4. The van der Waals surface area contributed by atoms with E-state index in [-0.39, 0.29) is 19.3 Å². The smallest absolute Gasteiger partial charge is 0.320 e. The lowest BCUT2D eigenvalue weighted by atomic mass is 9.79. The first-order chi connectivity index (χ1) is 10.6. The molecule has 1 saturated carbocycles. The third kappa shape index (κ3) is 2.21. The van der Waals surface area contributed by atoms with E-state index >= 15 is 0 Å². The lowest BCUT2D eigenvalue weighted by molar-refractivity contribution is -0.158. The van der Waals surface area contributed by atoms with Gasteiger partial charge in [0, 0.05) is 6.42 Å². The standard InChI is InChI=1S/C18H16O4/c1-22-17(21)18(9-8-15(19)16(18)20)11-12-6-7-13-4-2-3-5-14(13)10-12/h2-7,10H,8-9,11H2,1H3. The van der Waals surface area contributed by atoms with Crippen molar-refractivity contribution < 1.29 is 19.1 Å². The molecule has 1 aliphatic rings. The number of benzene rings is 2. The monoisotopic (exact) mass is 296 g/mol. The maximum atomic E-state index is 12.2. The number of ketones is 2. The molecule has 2 aromatic rings. The van der Waals surface area contributed by atoms with Gasteiger partial charge in [-0.05, 0) is 29.2 Å². The fraction of sp³-hybridized carbons (Fsp3) is 0.278. The Balaban J connectivity index is 2.01. The van der Waals surface area contributed by atoms with Gasteiger partial charge in [0.2, 0.25) is 5.78 Å². The maximum Gasteiger partial charge on any atom is 0.320 e. The molecule has 0 radical (unpaired) electrons. The van der Waals surface area contributed by atoms with Gasteiger partial charge in [-0.2, -0.15) is 0 Å². The first-order valence-electron chi connectivity index (χ1n) is 7.20. The second-order valence-corrected chi connectivity index (χ2v) is 5.68. The Morgan fingerprint density at radius 3 is 2.50 bits per heavy atom. The van der Waals surface area contributed by atoms with Crippen LogP contribution in [0.1, 0.15) is 18.4 Å². The van der Waals surface area contributed by atoms with Gasteiger partial charge in [0.1, 0.15) is 5.41 Å². The quantitative estimate of drug-likeness (QED) is 0.496. The van der Waals surface area contributed by atoms with Gasteiger partial charge in [0.05, 0.1) is 7.11 Å². The van der Waals surface area contributed by atoms with Crippen molar-refractivity contribution in [1.82, 2.24) is 0 Å². The third-order valence-electron chi connectivity index (χ3n) is 4.36. The van der Waals surface area contributed by atoms with Gasteiger partial charge in [-0.15, -0.1) is 0 Å². The summed E-state index contributed by atoms with van der Waals surface area (Å²) in [4.78, 5) is 36.1. The van der Waals surface area contributed by atoms with Crippen LogP contribution in [0.25, 0.3) is 10.8 Å². The minimum atomic E-state index is -1.35. The number of ether oxygens (including phenoxy) is 1. The summed E-state index contributed by atoms with van der Waals surface area (Å²) in [5.74, 6) is -1.71. The molecule has 112 valence electrons. The molecule has 0 aromatic heterocycles. The Kier molecular flexibility index (Phi) is 3.53. The highest BCUT2D eigenvalue weighted by atomic mass is 16.5. The van der Waals surface area contributed by atoms with Crippen molar-refractivity contribution in [3.63, 3.8) is 0 Å². The summed E-state index contributed by atoms with van der Waals surface area (Å²) in [5, 5.41) is 2.13. The van der Waals surface area contributed by atoms with Crippen molar-refractivity contribution in [1.29, 1.82) is 0 Å². The predicted octanol–water partition coefficient (Wildman–Crippen LogP) is 2.47. The third-order valence-corrected chi connectivity index (χ3v) is 4.36. The van der Waals surface area contributed by atoms with Crippen LogP contribution in [0.4, 0.5) is 0 Å². The van der Waals surface area contributed by atoms with Crippen molar-refractivity contribution in [2.24, 2.45) is 5.41 Å². The van der Waals surface area contributed by atoms with E-state index < -0.39 is 23.0 Å². The highest BCUT2D eigenvalue weighted by Crippen LogP contribution is 2.38. The van der Waals surface area contributed by atoms with Crippen LogP contribution in [0, 0.1) is 5.41 Å². The lowest BCUT2D eigenvalue weighted by Crippen LogP contribution is -2.40. The molecule has 0 saturated heterocycles. The summed E-state index contributed by atoms with van der Waals surface area (Å²) in [6, 6.07) is 13.7. The van der Waals surface area contributed by atoms with Crippen molar-refractivity contribution in [2.45, 2.75) is 19.3 Å². The summed E-state index contributed by atoms with van der Waals surface area (Å²) in [7, 11) is 1.25. The molecule has 1 fully saturated rings. The first-order valence-corrected chi connectivity index (χ1v) is 7.20. The molecular formula is C18H16O4. The van der Waals surface area contributed by atoms with Crippen LogP contribution in [0.2, 0.25) is 0 Å². The Labute approximate surface area is 128 Å². The Morgan fingerprint density at radius 2 is 1.86 bits per heavy atom. The largest absolute Gasteiger partial charge is 0.468 e. The summed E-state index contributed by atoms with van der Waals surface area (Å²) in [5.41, 5.74) is -0.499. The van der Waals surface area contributed by atoms with Crippen molar-refractivity contribution in [2.75, 3.05) is 7.11 Å². The Morgan fingerprint density at radius 1 is 1.14 bits per heavy atom. The van der Waals surface area contributed by atoms with Gasteiger partial charge in [-0.3, -0.25) is 14.4 Å². The highest BCUT2D eigenvalue weighted by molar-refractivity contribution is 6.45. The molecule has 0 heterocycles. The van der Waals surface area contributed by atoms with Crippen molar-refractivity contribution in [3.05, 3.63) is 48.0 Å². The summed E-state index contributed by atoms with van der Waals surface area (Å²) < 4.78 is 4.80. The van der Waals surface area contributed by atoms with Crippen LogP contribution in [0.5, 0.6) is 0 Å². The minimum Gasteiger partial charge on any atom is -0.468 e. The Bertz CT molecular complexity index is 778. The topological polar surface area (TPSA) is 60.4 Å². The van der Waals surface area contributed by atoms with E-state index in [4.69, 9.17) is 4.74 Å². The molecule has 1 unspecified atom stereocenters. The molecule has 0 N–H and O–H groups in total. The normalized spacial score (nSPS) is 21.3. The zero-order valence-corrected chi connectivity index (χ0v) is 12.3. The molecule has 1 aliphatic carbocycles. The van der Waals surface area contributed by atoms with Crippen LogP contribution in [0.3, 0.4) is 0 Å². The van der Waals surface area contributed by atoms with E-state index in [1.54, 1.807) is 0 Å². The van der Waals surface area contributed by atoms with E-state index in [1.165, 1.54) is 7.11 Å². The number of esters is 1. The van der Waals surface area contributed by atoms with Gasteiger partial charge >= 0.3 is 5.97 Å². The summed E-state index contributed by atoms with van der Waals surface area (Å²) >= 11 is 0. The SMILES string of the molecule is COC(=O)C1(Cc2ccc3ccccc3c2)CCC(=O)C1=O. The van der Waals surface area contributed by atoms with Gasteiger partial charge in [-0.25, -0.2) is 0 Å². The maximum absolute atomic E-state index is 12.2. The van der Waals surface area contributed by atoms with E-state index in [2.05, 4.69) is 0 Å². The van der Waals surface area contributed by atoms with Crippen LogP contribution in [-0.2, 0) is 25.5 Å². The second-order valence-electron chi connectivity index (χ2n) is 5.68. The van der Waals surface area contributed by atoms with E-state index in [9.17, 15) is 14.4 Å².